The molecule has 0 saturated heterocycles. The maximum absolute atomic E-state index is 12.9. The highest BCUT2D eigenvalue weighted by molar-refractivity contribution is 7.98. The third-order valence-electron chi connectivity index (χ3n) is 4.66. The summed E-state index contributed by atoms with van der Waals surface area (Å²) >= 11 is 7.71. The van der Waals surface area contributed by atoms with Gasteiger partial charge in [0.2, 0.25) is 11.6 Å². The van der Waals surface area contributed by atoms with Crippen LogP contribution in [0.15, 0.2) is 63.2 Å². The van der Waals surface area contributed by atoms with Gasteiger partial charge in [0.1, 0.15) is 0 Å². The zero-order chi connectivity index (χ0) is 23.4. The molecule has 4 rings (SSSR count). The summed E-state index contributed by atoms with van der Waals surface area (Å²) in [5.74, 6) is -0.00164. The van der Waals surface area contributed by atoms with Gasteiger partial charge in [0.05, 0.1) is 11.4 Å². The number of benzene rings is 2. The van der Waals surface area contributed by atoms with Crippen molar-refractivity contribution < 1.29 is 9.42 Å². The van der Waals surface area contributed by atoms with Gasteiger partial charge in [-0.25, -0.2) is 10.1 Å². The number of aryl methyl sites for hydroxylation is 1. The van der Waals surface area contributed by atoms with Crippen molar-refractivity contribution in [3.8, 4) is 5.82 Å². The number of nitrogens with one attached hydrogen (secondary N) is 1. The monoisotopic (exact) mass is 482 g/mol. The number of rotatable bonds is 7. The molecule has 33 heavy (non-hydrogen) atoms. The third-order valence-corrected chi connectivity index (χ3v) is 6.01. The van der Waals surface area contributed by atoms with Gasteiger partial charge in [-0.2, -0.15) is 9.78 Å². The molecule has 0 aliphatic heterocycles. The fourth-order valence-corrected chi connectivity index (χ4v) is 4.07. The van der Waals surface area contributed by atoms with Crippen molar-refractivity contribution in [2.45, 2.75) is 24.5 Å². The second-order valence-corrected chi connectivity index (χ2v) is 8.45. The van der Waals surface area contributed by atoms with Gasteiger partial charge in [0.15, 0.2) is 5.69 Å². The molecule has 12 heteroatoms. The van der Waals surface area contributed by atoms with Crippen LogP contribution in [0.25, 0.3) is 5.82 Å². The lowest BCUT2D eigenvalue weighted by atomic mass is 10.1. The highest BCUT2D eigenvalue weighted by Gasteiger charge is 2.24. The molecule has 4 aromatic rings. The fraction of sp³-hybridized carbons (Fsp3) is 0.143. The van der Waals surface area contributed by atoms with E-state index >= 15 is 0 Å². The topological polar surface area (TPSA) is 137 Å². The predicted molar refractivity (Wildman–Crippen MR) is 125 cm³/mol. The Bertz CT molecular complexity index is 1320. The number of nitrogens with zero attached hydrogens (tertiary/aromatic N) is 6. The van der Waals surface area contributed by atoms with Crippen LogP contribution < -0.4 is 11.2 Å². The molecule has 0 unspecified atom stereocenters. The Hall–Kier alpha value is -3.70. The van der Waals surface area contributed by atoms with Gasteiger partial charge in [-0.15, -0.1) is 16.9 Å². The van der Waals surface area contributed by atoms with E-state index in [1.54, 1.807) is 13.0 Å². The van der Waals surface area contributed by atoms with Gasteiger partial charge in [0, 0.05) is 21.2 Å². The number of aromatic nitrogens is 5. The van der Waals surface area contributed by atoms with E-state index < -0.39 is 5.91 Å². The summed E-state index contributed by atoms with van der Waals surface area (Å²) in [6, 6.07) is 15.2. The average molecular weight is 483 g/mol. The van der Waals surface area contributed by atoms with Crippen LogP contribution in [0, 0.1) is 6.92 Å². The molecule has 0 aliphatic rings. The van der Waals surface area contributed by atoms with E-state index in [-0.39, 0.29) is 17.3 Å². The number of carbonyl (C=O) groups excluding carboxylic acids is 1. The lowest BCUT2D eigenvalue weighted by Gasteiger charge is -2.07. The second-order valence-electron chi connectivity index (χ2n) is 6.99. The van der Waals surface area contributed by atoms with Crippen molar-refractivity contribution in [3.05, 3.63) is 76.1 Å². The molecule has 3 N–H and O–H groups in total. The minimum absolute atomic E-state index is 0.0287. The first-order valence-corrected chi connectivity index (χ1v) is 11.1. The molecule has 1 amide bonds. The summed E-state index contributed by atoms with van der Waals surface area (Å²) in [7, 11) is 0. The van der Waals surface area contributed by atoms with Crippen molar-refractivity contribution in [1.29, 1.82) is 0 Å². The number of halogens is 1. The number of anilines is 1. The first-order valence-electron chi connectivity index (χ1n) is 9.76. The minimum Gasteiger partial charge on any atom is -0.378 e. The first kappa shape index (κ1) is 22.5. The Morgan fingerprint density at radius 2 is 1.97 bits per heavy atom. The van der Waals surface area contributed by atoms with Gasteiger partial charge in [-0.1, -0.05) is 52.7 Å². The summed E-state index contributed by atoms with van der Waals surface area (Å²) in [4.78, 5) is 14.0. The van der Waals surface area contributed by atoms with Crippen LogP contribution in [0.3, 0.4) is 0 Å². The highest BCUT2D eigenvalue weighted by atomic mass is 35.5. The SMILES string of the molecule is C/C(=N/NC(=O)c1nnn(-c2nonc2N)c1CSc1ccc(C)cc1)c1ccccc1Cl. The molecule has 2 aromatic carbocycles. The van der Waals surface area contributed by atoms with E-state index in [0.29, 0.717) is 27.7 Å². The molecular formula is C21H19ClN8O2S. The number of carbonyl (C=O) groups is 1. The van der Waals surface area contributed by atoms with Crippen LogP contribution in [0.2, 0.25) is 5.02 Å². The van der Waals surface area contributed by atoms with Crippen molar-refractivity contribution in [1.82, 2.24) is 30.7 Å². The first-order chi connectivity index (χ1) is 15.9. The fourth-order valence-electron chi connectivity index (χ4n) is 2.90. The Labute approximate surface area is 198 Å². The van der Waals surface area contributed by atoms with Crippen molar-refractivity contribution in [2.24, 2.45) is 5.10 Å². The number of thioether (sulfide) groups is 1. The number of hydrogen-bond donors (Lipinski definition) is 2. The smallest absolute Gasteiger partial charge is 0.293 e. The van der Waals surface area contributed by atoms with Crippen molar-refractivity contribution in [3.63, 3.8) is 0 Å². The van der Waals surface area contributed by atoms with Gasteiger partial charge >= 0.3 is 0 Å². The zero-order valence-corrected chi connectivity index (χ0v) is 19.3. The average Bonchev–Trinajstić information content (AvgIpc) is 3.42. The summed E-state index contributed by atoms with van der Waals surface area (Å²) in [6.45, 7) is 3.76. The minimum atomic E-state index is -0.540. The molecule has 0 fully saturated rings. The summed E-state index contributed by atoms with van der Waals surface area (Å²) < 4.78 is 6.02. The molecule has 0 spiro atoms. The van der Waals surface area contributed by atoms with Crippen LogP contribution in [-0.2, 0) is 5.75 Å². The van der Waals surface area contributed by atoms with Crippen molar-refractivity contribution >= 4 is 40.8 Å². The highest BCUT2D eigenvalue weighted by Crippen LogP contribution is 2.26. The van der Waals surface area contributed by atoms with Gasteiger partial charge in [-0.05, 0) is 42.4 Å². The normalized spacial score (nSPS) is 11.5. The molecular weight excluding hydrogens is 464 g/mol. The number of nitrogens with two attached hydrogens (primary N) is 1. The molecule has 0 saturated carbocycles. The zero-order valence-electron chi connectivity index (χ0n) is 17.7. The van der Waals surface area contributed by atoms with Crippen LogP contribution in [0.1, 0.15) is 34.2 Å². The van der Waals surface area contributed by atoms with Crippen LogP contribution >= 0.6 is 23.4 Å². The predicted octanol–water partition coefficient (Wildman–Crippen LogP) is 3.64. The quantitative estimate of drug-likeness (QED) is 0.231. The molecule has 168 valence electrons. The Morgan fingerprint density at radius 3 is 2.67 bits per heavy atom. The van der Waals surface area contributed by atoms with E-state index in [2.05, 4.69) is 35.8 Å². The molecule has 0 atom stereocenters. The molecule has 0 radical (unpaired) electrons. The standard InChI is InChI=1S/C21H19ClN8O2S/c1-12-7-9-14(10-8-12)33-11-17-18(25-29-30(17)20-19(23)27-32-28-20)21(31)26-24-13(2)15-5-3-4-6-16(15)22/h3-10H,11H2,1-2H3,(H2,23,27)(H,26,31)/b24-13-. The largest absolute Gasteiger partial charge is 0.378 e. The van der Waals surface area contributed by atoms with Gasteiger partial charge < -0.3 is 5.73 Å². The van der Waals surface area contributed by atoms with E-state index in [1.807, 2.05) is 49.4 Å². The van der Waals surface area contributed by atoms with Crippen LogP contribution in [0.4, 0.5) is 5.82 Å². The van der Waals surface area contributed by atoms with Crippen LogP contribution in [-0.4, -0.2) is 36.9 Å². The Kier molecular flexibility index (Phi) is 6.71. The number of hydrogen-bond acceptors (Lipinski definition) is 9. The summed E-state index contributed by atoms with van der Waals surface area (Å²) in [6.07, 6.45) is 0. The van der Waals surface area contributed by atoms with Gasteiger partial charge in [-0.3, -0.25) is 4.79 Å². The van der Waals surface area contributed by atoms with E-state index in [0.717, 1.165) is 10.5 Å². The summed E-state index contributed by atoms with van der Waals surface area (Å²) in [5, 5.41) is 20.1. The lowest BCUT2D eigenvalue weighted by Crippen LogP contribution is -2.21. The van der Waals surface area contributed by atoms with E-state index in [4.69, 9.17) is 17.3 Å². The molecule has 2 aromatic heterocycles. The molecule has 2 heterocycles. The van der Waals surface area contributed by atoms with Crippen LogP contribution in [0.5, 0.6) is 0 Å². The molecule has 10 nitrogen and oxygen atoms in total. The van der Waals surface area contributed by atoms with Crippen molar-refractivity contribution in [2.75, 3.05) is 5.73 Å². The lowest BCUT2D eigenvalue weighted by molar-refractivity contribution is 0.0949. The third kappa shape index (κ3) is 5.04. The maximum Gasteiger partial charge on any atom is 0.293 e. The number of nitrogen functional groups attached to an aromatic ring is 1. The van der Waals surface area contributed by atoms with E-state index in [9.17, 15) is 4.79 Å². The maximum atomic E-state index is 12.9. The Balaban J connectivity index is 1.61. The number of hydrazone groups is 1. The molecule has 0 aliphatic carbocycles. The van der Waals surface area contributed by atoms with E-state index in [1.165, 1.54) is 16.4 Å². The number of amides is 1. The summed E-state index contributed by atoms with van der Waals surface area (Å²) in [5.41, 5.74) is 11.3. The second kappa shape index (κ2) is 9.84. The van der Waals surface area contributed by atoms with Gasteiger partial charge in [0.25, 0.3) is 5.91 Å². The molecule has 0 bridgehead atoms. The Morgan fingerprint density at radius 1 is 1.21 bits per heavy atom.